The highest BCUT2D eigenvalue weighted by molar-refractivity contribution is 6.05. The Hall–Kier alpha value is -3.29. The van der Waals surface area contributed by atoms with E-state index in [-0.39, 0.29) is 11.4 Å². The molecule has 1 aromatic heterocycles. The molecule has 0 spiro atoms. The summed E-state index contributed by atoms with van der Waals surface area (Å²) >= 11 is 0. The normalized spacial score (nSPS) is 11.2. The molecule has 0 radical (unpaired) electrons. The molecule has 3 aromatic rings. The van der Waals surface area contributed by atoms with E-state index in [9.17, 15) is 18.0 Å². The molecule has 0 aliphatic rings. The Balaban J connectivity index is 1.82. The monoisotopic (exact) mass is 361 g/mol. The second kappa shape index (κ2) is 6.91. The number of anilines is 2. The van der Waals surface area contributed by atoms with Crippen LogP contribution in [0.1, 0.15) is 5.56 Å². The van der Waals surface area contributed by atoms with E-state index < -0.39 is 17.8 Å². The Kier molecular flexibility index (Phi) is 4.66. The number of hydrogen-bond donors (Lipinski definition) is 2. The van der Waals surface area contributed by atoms with Crippen molar-refractivity contribution in [2.75, 3.05) is 17.7 Å². The zero-order chi connectivity index (χ0) is 18.7. The highest BCUT2D eigenvalue weighted by atomic mass is 19.4. The molecule has 0 unspecified atom stereocenters. The van der Waals surface area contributed by atoms with Crippen LogP contribution >= 0.6 is 0 Å². The van der Waals surface area contributed by atoms with Crippen molar-refractivity contribution in [1.82, 2.24) is 4.98 Å². The van der Waals surface area contributed by atoms with Crippen LogP contribution in [0.25, 0.3) is 10.9 Å². The summed E-state index contributed by atoms with van der Waals surface area (Å²) < 4.78 is 43.9. The van der Waals surface area contributed by atoms with Gasteiger partial charge in [-0.15, -0.1) is 0 Å². The van der Waals surface area contributed by atoms with Gasteiger partial charge in [-0.05, 0) is 30.3 Å². The van der Waals surface area contributed by atoms with Crippen molar-refractivity contribution in [3.8, 4) is 5.75 Å². The molecule has 2 aromatic carbocycles. The summed E-state index contributed by atoms with van der Waals surface area (Å²) in [4.78, 5) is 16.4. The standard InChI is InChI=1S/C18H14F3N3O2/c1-26-16-7-6-11(10-13(16)18(19,20)21)23-17(25)24-15-8-9-22-14-5-3-2-4-12(14)15/h2-10H,1H3,(H2,22,23,24,25). The number of nitrogens with zero attached hydrogens (tertiary/aromatic N) is 1. The number of amides is 2. The van der Waals surface area contributed by atoms with Gasteiger partial charge < -0.3 is 15.4 Å². The lowest BCUT2D eigenvalue weighted by Crippen LogP contribution is -2.20. The number of ether oxygens (including phenoxy) is 1. The number of pyridine rings is 1. The van der Waals surface area contributed by atoms with Gasteiger partial charge in [0.05, 0.1) is 23.9 Å². The first-order valence-corrected chi connectivity index (χ1v) is 7.55. The SMILES string of the molecule is COc1ccc(NC(=O)Nc2ccnc3ccccc23)cc1C(F)(F)F. The summed E-state index contributed by atoms with van der Waals surface area (Å²) in [5, 5.41) is 5.73. The Morgan fingerprint density at radius 1 is 1.08 bits per heavy atom. The van der Waals surface area contributed by atoms with E-state index in [1.165, 1.54) is 12.3 Å². The molecule has 0 fully saturated rings. The predicted octanol–water partition coefficient (Wildman–Crippen LogP) is 4.91. The number of rotatable bonds is 3. The number of urea groups is 1. The van der Waals surface area contributed by atoms with E-state index >= 15 is 0 Å². The Morgan fingerprint density at radius 2 is 1.85 bits per heavy atom. The summed E-state index contributed by atoms with van der Waals surface area (Å²) in [6, 6.07) is 11.4. The third-order valence-corrected chi connectivity index (χ3v) is 3.66. The fourth-order valence-corrected chi connectivity index (χ4v) is 2.50. The summed E-state index contributed by atoms with van der Waals surface area (Å²) in [6.45, 7) is 0. The van der Waals surface area contributed by atoms with Gasteiger partial charge in [-0.3, -0.25) is 4.98 Å². The lowest BCUT2D eigenvalue weighted by Gasteiger charge is -2.14. The van der Waals surface area contributed by atoms with Crippen LogP contribution in [0.5, 0.6) is 5.75 Å². The van der Waals surface area contributed by atoms with Gasteiger partial charge in [0.15, 0.2) is 0 Å². The smallest absolute Gasteiger partial charge is 0.420 e. The number of methoxy groups -OCH3 is 1. The highest BCUT2D eigenvalue weighted by Crippen LogP contribution is 2.37. The molecular weight excluding hydrogens is 347 g/mol. The number of carbonyl (C=O) groups is 1. The second-order valence-electron chi connectivity index (χ2n) is 5.37. The van der Waals surface area contributed by atoms with Crippen molar-refractivity contribution in [3.63, 3.8) is 0 Å². The van der Waals surface area contributed by atoms with Crippen LogP contribution in [0.4, 0.5) is 29.3 Å². The van der Waals surface area contributed by atoms with Gasteiger partial charge in [-0.1, -0.05) is 18.2 Å². The maximum absolute atomic E-state index is 13.1. The van der Waals surface area contributed by atoms with Gasteiger partial charge in [0.25, 0.3) is 0 Å². The van der Waals surface area contributed by atoms with E-state index in [1.54, 1.807) is 24.3 Å². The fourth-order valence-electron chi connectivity index (χ4n) is 2.50. The zero-order valence-electron chi connectivity index (χ0n) is 13.6. The van der Waals surface area contributed by atoms with Gasteiger partial charge >= 0.3 is 12.2 Å². The number of para-hydroxylation sites is 1. The van der Waals surface area contributed by atoms with Gasteiger partial charge in [-0.2, -0.15) is 13.2 Å². The van der Waals surface area contributed by atoms with Crippen LogP contribution in [-0.4, -0.2) is 18.1 Å². The molecule has 0 aliphatic carbocycles. The van der Waals surface area contributed by atoms with Crippen molar-refractivity contribution < 1.29 is 22.7 Å². The van der Waals surface area contributed by atoms with Gasteiger partial charge in [0.1, 0.15) is 5.75 Å². The van der Waals surface area contributed by atoms with E-state index in [4.69, 9.17) is 4.74 Å². The minimum Gasteiger partial charge on any atom is -0.496 e. The number of fused-ring (bicyclic) bond motifs is 1. The fraction of sp³-hybridized carbons (Fsp3) is 0.111. The molecule has 0 atom stereocenters. The molecule has 2 N–H and O–H groups in total. The zero-order valence-corrected chi connectivity index (χ0v) is 13.6. The summed E-state index contributed by atoms with van der Waals surface area (Å²) in [5.41, 5.74) is 0.216. The maximum Gasteiger partial charge on any atom is 0.420 e. The molecule has 134 valence electrons. The van der Waals surface area contributed by atoms with Crippen LogP contribution in [-0.2, 0) is 6.18 Å². The largest absolute Gasteiger partial charge is 0.496 e. The summed E-state index contributed by atoms with van der Waals surface area (Å²) in [6.07, 6.45) is -3.06. The summed E-state index contributed by atoms with van der Waals surface area (Å²) in [7, 11) is 1.15. The molecule has 0 saturated heterocycles. The number of nitrogens with one attached hydrogen (secondary N) is 2. The summed E-state index contributed by atoms with van der Waals surface area (Å²) in [5.74, 6) is -0.316. The van der Waals surface area contributed by atoms with Crippen LogP contribution in [0.15, 0.2) is 54.7 Å². The number of carbonyl (C=O) groups excluding carboxylic acids is 1. The number of benzene rings is 2. The van der Waals surface area contributed by atoms with Crippen molar-refractivity contribution in [2.24, 2.45) is 0 Å². The van der Waals surface area contributed by atoms with Crippen LogP contribution in [0.2, 0.25) is 0 Å². The first kappa shape index (κ1) is 17.5. The van der Waals surface area contributed by atoms with E-state index in [1.807, 2.05) is 6.07 Å². The van der Waals surface area contributed by atoms with Crippen molar-refractivity contribution in [1.29, 1.82) is 0 Å². The minimum absolute atomic E-state index is 0.00557. The van der Waals surface area contributed by atoms with Gasteiger partial charge in [0.2, 0.25) is 0 Å². The van der Waals surface area contributed by atoms with Crippen LogP contribution in [0.3, 0.4) is 0 Å². The Bertz CT molecular complexity index is 953. The number of aromatic nitrogens is 1. The van der Waals surface area contributed by atoms with Gasteiger partial charge in [-0.25, -0.2) is 4.79 Å². The minimum atomic E-state index is -4.60. The molecule has 0 saturated carbocycles. The number of hydrogen-bond acceptors (Lipinski definition) is 3. The molecule has 8 heteroatoms. The topological polar surface area (TPSA) is 63.2 Å². The molecular formula is C18H14F3N3O2. The number of halogens is 3. The van der Waals surface area contributed by atoms with E-state index in [2.05, 4.69) is 15.6 Å². The average Bonchev–Trinajstić information content (AvgIpc) is 2.61. The second-order valence-corrected chi connectivity index (χ2v) is 5.37. The third kappa shape index (κ3) is 3.69. The highest BCUT2D eigenvalue weighted by Gasteiger charge is 2.34. The molecule has 2 amide bonds. The molecule has 0 bridgehead atoms. The van der Waals surface area contributed by atoms with Crippen molar-refractivity contribution in [3.05, 3.63) is 60.3 Å². The average molecular weight is 361 g/mol. The van der Waals surface area contributed by atoms with Crippen LogP contribution < -0.4 is 15.4 Å². The van der Waals surface area contributed by atoms with Crippen LogP contribution in [0, 0.1) is 0 Å². The molecule has 3 rings (SSSR count). The first-order valence-electron chi connectivity index (χ1n) is 7.55. The quantitative estimate of drug-likeness (QED) is 0.697. The molecule has 0 aliphatic heterocycles. The van der Waals surface area contributed by atoms with Crippen molar-refractivity contribution >= 4 is 28.3 Å². The van der Waals surface area contributed by atoms with E-state index in [0.29, 0.717) is 11.2 Å². The first-order chi connectivity index (χ1) is 12.4. The Morgan fingerprint density at radius 3 is 2.58 bits per heavy atom. The maximum atomic E-state index is 13.1. The van der Waals surface area contributed by atoms with Crippen molar-refractivity contribution in [2.45, 2.75) is 6.18 Å². The van der Waals surface area contributed by atoms with Gasteiger partial charge in [0, 0.05) is 17.3 Å². The number of alkyl halides is 3. The lowest BCUT2D eigenvalue weighted by atomic mass is 10.1. The predicted molar refractivity (Wildman–Crippen MR) is 92.4 cm³/mol. The molecule has 1 heterocycles. The lowest BCUT2D eigenvalue weighted by molar-refractivity contribution is -0.138. The third-order valence-electron chi connectivity index (χ3n) is 3.66. The van der Waals surface area contributed by atoms with E-state index in [0.717, 1.165) is 24.6 Å². The molecule has 26 heavy (non-hydrogen) atoms. The molecule has 5 nitrogen and oxygen atoms in total. The Labute approximate surface area is 146 Å².